The second kappa shape index (κ2) is 5.73. The van der Waals surface area contributed by atoms with Crippen LogP contribution in [-0.2, 0) is 16.1 Å². The van der Waals surface area contributed by atoms with E-state index in [0.29, 0.717) is 13.0 Å². The molecule has 1 aromatic rings. The predicted molar refractivity (Wildman–Crippen MR) is 68.7 cm³/mol. The molecular formula is C14H17NO4. The quantitative estimate of drug-likeness (QED) is 0.884. The molecule has 0 aromatic heterocycles. The van der Waals surface area contributed by atoms with E-state index in [4.69, 9.17) is 9.84 Å². The SMILES string of the molecule is Cc1ccc(CN2C(=O)OCC2CCC(=O)O)cc1. The van der Waals surface area contributed by atoms with Gasteiger partial charge in [0.2, 0.25) is 0 Å². The highest BCUT2D eigenvalue weighted by Crippen LogP contribution is 2.20. The third-order valence-corrected chi connectivity index (χ3v) is 3.24. The Kier molecular flexibility index (Phi) is 4.04. The molecule has 1 unspecified atom stereocenters. The first-order valence-electron chi connectivity index (χ1n) is 6.27. The van der Waals surface area contributed by atoms with Crippen LogP contribution in [0.5, 0.6) is 0 Å². The van der Waals surface area contributed by atoms with Crippen molar-refractivity contribution in [1.29, 1.82) is 0 Å². The molecule has 0 radical (unpaired) electrons. The van der Waals surface area contributed by atoms with Gasteiger partial charge in [0, 0.05) is 13.0 Å². The number of carbonyl (C=O) groups excluding carboxylic acids is 1. The van der Waals surface area contributed by atoms with Crippen LogP contribution in [0.25, 0.3) is 0 Å². The smallest absolute Gasteiger partial charge is 0.410 e. The van der Waals surface area contributed by atoms with Crippen molar-refractivity contribution in [1.82, 2.24) is 4.90 Å². The van der Waals surface area contributed by atoms with Crippen molar-refractivity contribution >= 4 is 12.1 Å². The summed E-state index contributed by atoms with van der Waals surface area (Å²) in [5, 5.41) is 8.70. The van der Waals surface area contributed by atoms with Crippen LogP contribution in [-0.4, -0.2) is 34.7 Å². The van der Waals surface area contributed by atoms with Crippen LogP contribution < -0.4 is 0 Å². The Morgan fingerprint density at radius 2 is 2.11 bits per heavy atom. The van der Waals surface area contributed by atoms with Crippen LogP contribution in [0.4, 0.5) is 4.79 Å². The summed E-state index contributed by atoms with van der Waals surface area (Å²) in [7, 11) is 0. The fourth-order valence-electron chi connectivity index (χ4n) is 2.10. The fraction of sp³-hybridized carbons (Fsp3) is 0.429. The Labute approximate surface area is 111 Å². The Hall–Kier alpha value is -2.04. The number of hydrogen-bond acceptors (Lipinski definition) is 3. The van der Waals surface area contributed by atoms with Gasteiger partial charge in [-0.1, -0.05) is 29.8 Å². The third-order valence-electron chi connectivity index (χ3n) is 3.24. The van der Waals surface area contributed by atoms with E-state index in [1.165, 1.54) is 0 Å². The molecule has 0 bridgehead atoms. The molecule has 0 spiro atoms. The number of carboxylic acids is 1. The highest BCUT2D eigenvalue weighted by molar-refractivity contribution is 5.71. The average molecular weight is 263 g/mol. The second-order valence-corrected chi connectivity index (χ2v) is 4.78. The van der Waals surface area contributed by atoms with Gasteiger partial charge in [-0.15, -0.1) is 0 Å². The number of cyclic esters (lactones) is 1. The number of carbonyl (C=O) groups is 2. The maximum Gasteiger partial charge on any atom is 0.410 e. The minimum Gasteiger partial charge on any atom is -0.481 e. The number of aliphatic carboxylic acids is 1. The summed E-state index contributed by atoms with van der Waals surface area (Å²) in [6, 6.07) is 7.76. The summed E-state index contributed by atoms with van der Waals surface area (Å²) in [6.07, 6.45) is 0.106. The van der Waals surface area contributed by atoms with Gasteiger partial charge in [-0.25, -0.2) is 4.79 Å². The molecule has 1 aliphatic rings. The van der Waals surface area contributed by atoms with Gasteiger partial charge < -0.3 is 9.84 Å². The van der Waals surface area contributed by atoms with Crippen molar-refractivity contribution in [3.8, 4) is 0 Å². The van der Waals surface area contributed by atoms with Crippen LogP contribution in [0.1, 0.15) is 24.0 Å². The Morgan fingerprint density at radius 1 is 1.42 bits per heavy atom. The van der Waals surface area contributed by atoms with E-state index in [0.717, 1.165) is 11.1 Å². The van der Waals surface area contributed by atoms with Gasteiger partial charge in [0.1, 0.15) is 6.61 Å². The number of nitrogens with zero attached hydrogens (tertiary/aromatic N) is 1. The standard InChI is InChI=1S/C14H17NO4/c1-10-2-4-11(5-3-10)8-15-12(6-7-13(16)17)9-19-14(15)18/h2-5,12H,6-9H2,1H3,(H,16,17). The number of rotatable bonds is 5. The zero-order chi connectivity index (χ0) is 13.8. The largest absolute Gasteiger partial charge is 0.481 e. The molecule has 1 aliphatic heterocycles. The molecule has 1 amide bonds. The van der Waals surface area contributed by atoms with Gasteiger partial charge in [-0.05, 0) is 18.9 Å². The van der Waals surface area contributed by atoms with E-state index in [9.17, 15) is 9.59 Å². The molecule has 2 rings (SSSR count). The van der Waals surface area contributed by atoms with Crippen molar-refractivity contribution in [2.75, 3.05) is 6.61 Å². The summed E-state index contributed by atoms with van der Waals surface area (Å²) in [5.41, 5.74) is 2.18. The number of hydrogen-bond donors (Lipinski definition) is 1. The minimum absolute atomic E-state index is 0.0473. The number of carboxylic acid groups (broad SMARTS) is 1. The van der Waals surface area contributed by atoms with Gasteiger partial charge in [-0.3, -0.25) is 9.69 Å². The second-order valence-electron chi connectivity index (χ2n) is 4.78. The normalized spacial score (nSPS) is 18.5. The molecule has 1 saturated heterocycles. The molecular weight excluding hydrogens is 246 g/mol. The van der Waals surface area contributed by atoms with E-state index in [1.54, 1.807) is 4.90 Å². The van der Waals surface area contributed by atoms with Gasteiger partial charge in [0.05, 0.1) is 6.04 Å². The van der Waals surface area contributed by atoms with Crippen molar-refractivity contribution in [2.45, 2.75) is 32.4 Å². The molecule has 5 nitrogen and oxygen atoms in total. The summed E-state index contributed by atoms with van der Waals surface area (Å²) in [6.45, 7) is 2.74. The summed E-state index contributed by atoms with van der Waals surface area (Å²) in [5.74, 6) is -0.852. The predicted octanol–water partition coefficient (Wildman–Crippen LogP) is 2.18. The van der Waals surface area contributed by atoms with Crippen LogP contribution >= 0.6 is 0 Å². The highest BCUT2D eigenvalue weighted by Gasteiger charge is 2.32. The van der Waals surface area contributed by atoms with E-state index in [2.05, 4.69) is 0 Å². The lowest BCUT2D eigenvalue weighted by Crippen LogP contribution is -2.33. The first kappa shape index (κ1) is 13.4. The first-order chi connectivity index (χ1) is 9.06. The van der Waals surface area contributed by atoms with Crippen molar-refractivity contribution in [3.05, 3.63) is 35.4 Å². The lowest BCUT2D eigenvalue weighted by Gasteiger charge is -2.20. The van der Waals surface area contributed by atoms with Gasteiger partial charge in [0.25, 0.3) is 0 Å². The van der Waals surface area contributed by atoms with E-state index in [-0.39, 0.29) is 25.2 Å². The number of aryl methyl sites for hydroxylation is 1. The third kappa shape index (κ3) is 3.47. The van der Waals surface area contributed by atoms with Crippen LogP contribution in [0.3, 0.4) is 0 Å². The Morgan fingerprint density at radius 3 is 2.74 bits per heavy atom. The van der Waals surface area contributed by atoms with Gasteiger partial charge >= 0.3 is 12.1 Å². The summed E-state index contributed by atoms with van der Waals surface area (Å²) in [4.78, 5) is 23.9. The zero-order valence-corrected chi connectivity index (χ0v) is 10.8. The zero-order valence-electron chi connectivity index (χ0n) is 10.8. The fourth-order valence-corrected chi connectivity index (χ4v) is 2.10. The number of amides is 1. The van der Waals surface area contributed by atoms with Crippen LogP contribution in [0.15, 0.2) is 24.3 Å². The highest BCUT2D eigenvalue weighted by atomic mass is 16.6. The van der Waals surface area contributed by atoms with Crippen molar-refractivity contribution in [3.63, 3.8) is 0 Å². The molecule has 1 aromatic carbocycles. The van der Waals surface area contributed by atoms with E-state index >= 15 is 0 Å². The lowest BCUT2D eigenvalue weighted by atomic mass is 10.1. The molecule has 1 atom stereocenters. The number of ether oxygens (including phenoxy) is 1. The van der Waals surface area contributed by atoms with Crippen LogP contribution in [0.2, 0.25) is 0 Å². The maximum atomic E-state index is 11.7. The average Bonchev–Trinajstić information content (AvgIpc) is 2.71. The first-order valence-corrected chi connectivity index (χ1v) is 6.27. The maximum absolute atomic E-state index is 11.7. The Balaban J connectivity index is 2.01. The molecule has 1 heterocycles. The van der Waals surface area contributed by atoms with Crippen molar-refractivity contribution < 1.29 is 19.4 Å². The summed E-state index contributed by atoms with van der Waals surface area (Å²) >= 11 is 0. The van der Waals surface area contributed by atoms with Crippen LogP contribution in [0, 0.1) is 6.92 Å². The monoisotopic (exact) mass is 263 g/mol. The molecule has 0 aliphatic carbocycles. The minimum atomic E-state index is -0.852. The molecule has 1 fully saturated rings. The topological polar surface area (TPSA) is 66.8 Å². The molecule has 102 valence electrons. The molecule has 0 saturated carbocycles. The van der Waals surface area contributed by atoms with Gasteiger partial charge in [0.15, 0.2) is 0 Å². The van der Waals surface area contributed by atoms with E-state index in [1.807, 2.05) is 31.2 Å². The molecule has 1 N–H and O–H groups in total. The Bertz CT molecular complexity index is 469. The number of benzene rings is 1. The molecule has 5 heteroatoms. The van der Waals surface area contributed by atoms with Crippen molar-refractivity contribution in [2.24, 2.45) is 0 Å². The lowest BCUT2D eigenvalue weighted by molar-refractivity contribution is -0.137. The van der Waals surface area contributed by atoms with E-state index < -0.39 is 5.97 Å². The van der Waals surface area contributed by atoms with Gasteiger partial charge in [-0.2, -0.15) is 0 Å². The molecule has 19 heavy (non-hydrogen) atoms. The summed E-state index contributed by atoms with van der Waals surface area (Å²) < 4.78 is 5.00.